The number of carbonyl (C=O) groups excluding carboxylic acids is 1. The third-order valence-electron chi connectivity index (χ3n) is 5.46. The van der Waals surface area contributed by atoms with E-state index in [2.05, 4.69) is 10.2 Å². The van der Waals surface area contributed by atoms with Gasteiger partial charge in [-0.25, -0.2) is 4.98 Å². The van der Waals surface area contributed by atoms with Crippen molar-refractivity contribution in [1.82, 2.24) is 15.2 Å². The molecule has 0 bridgehead atoms. The molecule has 134 valence electrons. The molecule has 1 saturated carbocycles. The molecule has 0 spiro atoms. The number of likely N-dealkylation sites (tertiary alicyclic amines) is 1. The van der Waals surface area contributed by atoms with Crippen LogP contribution in [0.4, 0.5) is 0 Å². The van der Waals surface area contributed by atoms with Crippen molar-refractivity contribution >= 4 is 27.5 Å². The fraction of sp³-hybridized carbons (Fsp3) is 0.579. The van der Waals surface area contributed by atoms with Gasteiger partial charge in [0.2, 0.25) is 0 Å². The van der Waals surface area contributed by atoms with Gasteiger partial charge in [-0.2, -0.15) is 0 Å². The summed E-state index contributed by atoms with van der Waals surface area (Å²) in [6.45, 7) is 1.67. The van der Waals surface area contributed by atoms with E-state index in [4.69, 9.17) is 4.98 Å². The van der Waals surface area contributed by atoms with Gasteiger partial charge >= 0.3 is 0 Å². The number of hydrogen-bond donors (Lipinski definition) is 2. The van der Waals surface area contributed by atoms with E-state index in [0.29, 0.717) is 18.2 Å². The number of thiazole rings is 1. The normalized spacial score (nSPS) is 25.5. The number of β-amino-alcohol motifs (C(OH)–C–C–N with tert-alkyl or cyclic N) is 1. The topological polar surface area (TPSA) is 65.5 Å². The first-order valence-corrected chi connectivity index (χ1v) is 10.00. The van der Waals surface area contributed by atoms with E-state index in [9.17, 15) is 9.90 Å². The fourth-order valence-electron chi connectivity index (χ4n) is 3.96. The number of aromatic nitrogens is 1. The number of likely N-dealkylation sites (N-methyl/N-ethyl adjacent to an activating group) is 1. The summed E-state index contributed by atoms with van der Waals surface area (Å²) in [6.07, 6.45) is 5.15. The molecule has 1 aromatic carbocycles. The Balaban J connectivity index is 1.53. The molecular weight excluding hydrogens is 334 g/mol. The standard InChI is InChI=1S/C19H25N3O2S/c1-22-9-8-14(16(23)11-22)19-21-15-7-6-12(10-17(15)25-19)18(24)20-13-4-2-3-5-13/h6-7,10,13-14,16,23H,2-5,8-9,11H2,1H3,(H,20,24)/t14?,16-/m1/s1. The number of aliphatic hydroxyl groups is 1. The zero-order valence-corrected chi connectivity index (χ0v) is 15.4. The van der Waals surface area contributed by atoms with Gasteiger partial charge in [0.05, 0.1) is 21.3 Å². The van der Waals surface area contributed by atoms with E-state index in [0.717, 1.165) is 41.0 Å². The van der Waals surface area contributed by atoms with Crippen LogP contribution in [0.2, 0.25) is 0 Å². The first-order chi connectivity index (χ1) is 12.1. The minimum Gasteiger partial charge on any atom is -0.391 e. The molecule has 2 aliphatic rings. The number of amides is 1. The minimum absolute atomic E-state index is 0.0167. The maximum absolute atomic E-state index is 12.5. The summed E-state index contributed by atoms with van der Waals surface area (Å²) in [4.78, 5) is 19.3. The van der Waals surface area contributed by atoms with Crippen molar-refractivity contribution in [3.8, 4) is 0 Å². The predicted molar refractivity (Wildman–Crippen MR) is 100 cm³/mol. The number of nitrogens with one attached hydrogen (secondary N) is 1. The van der Waals surface area contributed by atoms with E-state index in [1.807, 2.05) is 25.2 Å². The van der Waals surface area contributed by atoms with Gasteiger partial charge in [0, 0.05) is 24.1 Å². The fourth-order valence-corrected chi connectivity index (χ4v) is 5.16. The maximum Gasteiger partial charge on any atom is 0.251 e. The number of hydrogen-bond acceptors (Lipinski definition) is 5. The van der Waals surface area contributed by atoms with Crippen molar-refractivity contribution in [2.24, 2.45) is 0 Å². The molecule has 1 amide bonds. The first kappa shape index (κ1) is 16.9. The molecule has 4 rings (SSSR count). The third-order valence-corrected chi connectivity index (χ3v) is 6.61. The minimum atomic E-state index is -0.371. The SMILES string of the molecule is CN1CCC(c2nc3ccc(C(=O)NC4CCCC4)cc3s2)[C@H](O)C1. The van der Waals surface area contributed by atoms with E-state index in [-0.39, 0.29) is 17.9 Å². The van der Waals surface area contributed by atoms with Crippen LogP contribution in [0.5, 0.6) is 0 Å². The van der Waals surface area contributed by atoms with Gasteiger partial charge < -0.3 is 15.3 Å². The average molecular weight is 359 g/mol. The van der Waals surface area contributed by atoms with E-state index < -0.39 is 0 Å². The zero-order chi connectivity index (χ0) is 17.4. The van der Waals surface area contributed by atoms with Gasteiger partial charge in [0.15, 0.2) is 0 Å². The molecule has 2 heterocycles. The maximum atomic E-state index is 12.5. The Hall–Kier alpha value is -1.50. The molecule has 6 heteroatoms. The summed E-state index contributed by atoms with van der Waals surface area (Å²) in [6, 6.07) is 6.07. The molecule has 2 N–H and O–H groups in total. The van der Waals surface area contributed by atoms with Crippen LogP contribution < -0.4 is 5.32 Å². The number of aliphatic hydroxyl groups excluding tert-OH is 1. The van der Waals surface area contributed by atoms with Gasteiger partial charge in [-0.15, -0.1) is 11.3 Å². The number of benzene rings is 1. The van der Waals surface area contributed by atoms with Gasteiger partial charge in [-0.05, 0) is 51.1 Å². The number of carbonyl (C=O) groups is 1. The quantitative estimate of drug-likeness (QED) is 0.884. The second kappa shape index (κ2) is 7.02. The number of nitrogens with zero attached hydrogens (tertiary/aromatic N) is 2. The predicted octanol–water partition coefficient (Wildman–Crippen LogP) is 2.75. The third kappa shape index (κ3) is 3.57. The lowest BCUT2D eigenvalue weighted by molar-refractivity contribution is 0.0638. The second-order valence-corrected chi connectivity index (χ2v) is 8.48. The van der Waals surface area contributed by atoms with Crippen LogP contribution in [0.1, 0.15) is 53.4 Å². The number of piperidine rings is 1. The molecule has 2 fully saturated rings. The molecule has 0 radical (unpaired) electrons. The number of fused-ring (bicyclic) bond motifs is 1. The van der Waals surface area contributed by atoms with Crippen LogP contribution in [0.3, 0.4) is 0 Å². The Labute approximate surface area is 152 Å². The summed E-state index contributed by atoms with van der Waals surface area (Å²) < 4.78 is 1.03. The van der Waals surface area contributed by atoms with Crippen molar-refractivity contribution in [3.05, 3.63) is 28.8 Å². The Bertz CT molecular complexity index is 769. The summed E-state index contributed by atoms with van der Waals surface area (Å²) in [7, 11) is 2.03. The van der Waals surface area contributed by atoms with Crippen LogP contribution in [0.25, 0.3) is 10.2 Å². The summed E-state index contributed by atoms with van der Waals surface area (Å²) in [5.41, 5.74) is 1.63. The van der Waals surface area contributed by atoms with E-state index >= 15 is 0 Å². The molecule has 1 aromatic heterocycles. The van der Waals surface area contributed by atoms with Gasteiger partial charge in [-0.1, -0.05) is 12.8 Å². The molecule has 1 unspecified atom stereocenters. The molecule has 1 aliphatic carbocycles. The highest BCUT2D eigenvalue weighted by atomic mass is 32.1. The monoisotopic (exact) mass is 359 g/mol. The van der Waals surface area contributed by atoms with Crippen molar-refractivity contribution < 1.29 is 9.90 Å². The van der Waals surface area contributed by atoms with Crippen LogP contribution in [0, 0.1) is 0 Å². The first-order valence-electron chi connectivity index (χ1n) is 9.18. The van der Waals surface area contributed by atoms with Crippen molar-refractivity contribution in [1.29, 1.82) is 0 Å². The summed E-state index contributed by atoms with van der Waals surface area (Å²) in [5.74, 6) is 0.118. The second-order valence-electron chi connectivity index (χ2n) is 7.41. The lowest BCUT2D eigenvalue weighted by Crippen LogP contribution is -2.40. The van der Waals surface area contributed by atoms with E-state index in [1.54, 1.807) is 11.3 Å². The molecule has 1 saturated heterocycles. The van der Waals surface area contributed by atoms with Gasteiger partial charge in [-0.3, -0.25) is 4.79 Å². The van der Waals surface area contributed by atoms with Crippen molar-refractivity contribution in [3.63, 3.8) is 0 Å². The Kier molecular flexibility index (Phi) is 4.75. The molecular formula is C19H25N3O2S. The van der Waals surface area contributed by atoms with Crippen LogP contribution in [-0.2, 0) is 0 Å². The van der Waals surface area contributed by atoms with Gasteiger partial charge in [0.25, 0.3) is 5.91 Å². The van der Waals surface area contributed by atoms with E-state index in [1.165, 1.54) is 12.8 Å². The highest BCUT2D eigenvalue weighted by Crippen LogP contribution is 2.34. The molecule has 5 nitrogen and oxygen atoms in total. The molecule has 2 aromatic rings. The Morgan fingerprint density at radius 1 is 1.32 bits per heavy atom. The average Bonchev–Trinajstić information content (AvgIpc) is 3.23. The lowest BCUT2D eigenvalue weighted by Gasteiger charge is -2.32. The lowest BCUT2D eigenvalue weighted by atomic mass is 9.95. The van der Waals surface area contributed by atoms with Crippen LogP contribution in [-0.4, -0.2) is 53.2 Å². The Morgan fingerprint density at radius 3 is 2.88 bits per heavy atom. The van der Waals surface area contributed by atoms with Crippen molar-refractivity contribution in [2.45, 2.75) is 50.2 Å². The number of rotatable bonds is 3. The van der Waals surface area contributed by atoms with Crippen LogP contribution >= 0.6 is 11.3 Å². The highest BCUT2D eigenvalue weighted by molar-refractivity contribution is 7.18. The van der Waals surface area contributed by atoms with Crippen LogP contribution in [0.15, 0.2) is 18.2 Å². The molecule has 2 atom stereocenters. The van der Waals surface area contributed by atoms with Gasteiger partial charge in [0.1, 0.15) is 0 Å². The van der Waals surface area contributed by atoms with Crippen molar-refractivity contribution in [2.75, 3.05) is 20.1 Å². The smallest absolute Gasteiger partial charge is 0.251 e. The Morgan fingerprint density at radius 2 is 2.12 bits per heavy atom. The highest BCUT2D eigenvalue weighted by Gasteiger charge is 2.29. The summed E-state index contributed by atoms with van der Waals surface area (Å²) in [5, 5.41) is 14.5. The summed E-state index contributed by atoms with van der Waals surface area (Å²) >= 11 is 1.61. The zero-order valence-electron chi connectivity index (χ0n) is 14.6. The molecule has 25 heavy (non-hydrogen) atoms. The largest absolute Gasteiger partial charge is 0.391 e. The molecule has 1 aliphatic heterocycles.